The van der Waals surface area contributed by atoms with Gasteiger partial charge in [-0.15, -0.1) is 0 Å². The number of rotatable bonds is 5. The molecule has 21 heavy (non-hydrogen) atoms. The van der Waals surface area contributed by atoms with Crippen LogP contribution in [0, 0.1) is 10.1 Å². The van der Waals surface area contributed by atoms with E-state index in [1.54, 1.807) is 6.92 Å². The Hall–Kier alpha value is -3.17. The van der Waals surface area contributed by atoms with Gasteiger partial charge in [0.25, 0.3) is 5.91 Å². The van der Waals surface area contributed by atoms with Crippen molar-refractivity contribution in [3.8, 4) is 0 Å². The van der Waals surface area contributed by atoms with E-state index in [-0.39, 0.29) is 23.7 Å². The predicted molar refractivity (Wildman–Crippen MR) is 67.9 cm³/mol. The van der Waals surface area contributed by atoms with Gasteiger partial charge in [0.15, 0.2) is 11.6 Å². The Balaban J connectivity index is 2.14. The van der Waals surface area contributed by atoms with Crippen LogP contribution in [0.2, 0.25) is 0 Å². The largest absolute Gasteiger partial charge is 0.462 e. The zero-order valence-corrected chi connectivity index (χ0v) is 10.8. The maximum absolute atomic E-state index is 11.8. The fourth-order valence-corrected chi connectivity index (χ4v) is 1.47. The highest BCUT2D eigenvalue weighted by molar-refractivity contribution is 6.05. The zero-order chi connectivity index (χ0) is 15.4. The first kappa shape index (κ1) is 14.2. The summed E-state index contributed by atoms with van der Waals surface area (Å²) in [5.41, 5.74) is 0.0336. The van der Waals surface area contributed by atoms with Crippen molar-refractivity contribution in [2.24, 2.45) is 0 Å². The molecule has 10 heteroatoms. The van der Waals surface area contributed by atoms with Gasteiger partial charge in [0, 0.05) is 6.20 Å². The summed E-state index contributed by atoms with van der Waals surface area (Å²) < 4.78 is 9.53. The first-order valence-electron chi connectivity index (χ1n) is 5.79. The van der Waals surface area contributed by atoms with Crippen LogP contribution in [0.1, 0.15) is 27.8 Å². The number of H-pyrrole nitrogens is 1. The van der Waals surface area contributed by atoms with Gasteiger partial charge in [-0.3, -0.25) is 20.0 Å². The molecule has 0 radical (unpaired) electrons. The lowest BCUT2D eigenvalue weighted by molar-refractivity contribution is -0.402. The monoisotopic (exact) mass is 294 g/mol. The minimum Gasteiger partial charge on any atom is -0.462 e. The third kappa shape index (κ3) is 3.05. The van der Waals surface area contributed by atoms with Crippen LogP contribution in [-0.4, -0.2) is 33.6 Å². The van der Waals surface area contributed by atoms with Crippen molar-refractivity contribution in [1.82, 2.24) is 10.2 Å². The average Bonchev–Trinajstić information content (AvgIpc) is 3.07. The molecular formula is C11H10N4O6. The lowest BCUT2D eigenvalue weighted by atomic mass is 10.3. The van der Waals surface area contributed by atoms with Crippen LogP contribution in [0.15, 0.2) is 22.7 Å². The molecule has 0 aliphatic rings. The molecule has 2 heterocycles. The van der Waals surface area contributed by atoms with E-state index in [9.17, 15) is 19.7 Å². The van der Waals surface area contributed by atoms with Gasteiger partial charge in [0.1, 0.15) is 10.5 Å². The highest BCUT2D eigenvalue weighted by Crippen LogP contribution is 2.18. The van der Waals surface area contributed by atoms with Crippen molar-refractivity contribution in [3.05, 3.63) is 39.8 Å². The molecule has 0 fully saturated rings. The van der Waals surface area contributed by atoms with Crippen LogP contribution in [0.4, 0.5) is 11.7 Å². The first-order chi connectivity index (χ1) is 10.0. The fraction of sp³-hybridized carbons (Fsp3) is 0.182. The van der Waals surface area contributed by atoms with Crippen LogP contribution in [-0.2, 0) is 4.74 Å². The standard InChI is InChI=1S/C11H10N4O6/c1-2-20-11(17)6-5-12-14-9(6)13-10(16)7-3-4-8(21-7)15(18)19/h3-5H,2H2,1H3,(H2,12,13,14,16). The second-order valence-corrected chi connectivity index (χ2v) is 3.72. The van der Waals surface area contributed by atoms with E-state index in [2.05, 4.69) is 15.5 Å². The van der Waals surface area contributed by atoms with Gasteiger partial charge in [-0.25, -0.2) is 4.79 Å². The summed E-state index contributed by atoms with van der Waals surface area (Å²) >= 11 is 0. The number of hydrogen-bond donors (Lipinski definition) is 2. The summed E-state index contributed by atoms with van der Waals surface area (Å²) in [6.45, 7) is 1.81. The quantitative estimate of drug-likeness (QED) is 0.481. The molecule has 0 aromatic carbocycles. The number of esters is 1. The van der Waals surface area contributed by atoms with Crippen molar-refractivity contribution >= 4 is 23.6 Å². The van der Waals surface area contributed by atoms with Crippen LogP contribution >= 0.6 is 0 Å². The lowest BCUT2D eigenvalue weighted by Crippen LogP contribution is -2.15. The maximum Gasteiger partial charge on any atom is 0.433 e. The molecule has 10 nitrogen and oxygen atoms in total. The number of anilines is 1. The van der Waals surface area contributed by atoms with E-state index < -0.39 is 22.7 Å². The number of hydrogen-bond acceptors (Lipinski definition) is 7. The lowest BCUT2D eigenvalue weighted by Gasteiger charge is -2.02. The minimum atomic E-state index is -0.777. The third-order valence-electron chi connectivity index (χ3n) is 2.36. The normalized spacial score (nSPS) is 10.1. The number of carbonyl (C=O) groups is 2. The van der Waals surface area contributed by atoms with Crippen molar-refractivity contribution in [2.75, 3.05) is 11.9 Å². The Morgan fingerprint density at radius 2 is 2.29 bits per heavy atom. The molecule has 0 unspecified atom stereocenters. The molecule has 2 aromatic rings. The Kier molecular flexibility index (Phi) is 3.97. The summed E-state index contributed by atoms with van der Waals surface area (Å²) in [4.78, 5) is 33.1. The smallest absolute Gasteiger partial charge is 0.433 e. The Morgan fingerprint density at radius 1 is 1.52 bits per heavy atom. The van der Waals surface area contributed by atoms with E-state index in [0.717, 1.165) is 12.1 Å². The molecule has 0 atom stereocenters. The van der Waals surface area contributed by atoms with Crippen molar-refractivity contribution in [3.63, 3.8) is 0 Å². The number of aromatic nitrogens is 2. The summed E-state index contributed by atoms with van der Waals surface area (Å²) in [6.07, 6.45) is 1.26. The summed E-state index contributed by atoms with van der Waals surface area (Å²) in [7, 11) is 0. The van der Waals surface area contributed by atoms with Gasteiger partial charge >= 0.3 is 11.9 Å². The number of carbonyl (C=O) groups excluding carboxylic acids is 2. The summed E-state index contributed by atoms with van der Waals surface area (Å²) in [6, 6.07) is 2.19. The third-order valence-corrected chi connectivity index (χ3v) is 2.36. The Labute approximate surface area is 117 Å². The highest BCUT2D eigenvalue weighted by atomic mass is 16.6. The van der Waals surface area contributed by atoms with E-state index in [0.29, 0.717) is 0 Å². The SMILES string of the molecule is CCOC(=O)c1c[nH]nc1NC(=O)c1ccc([N+](=O)[O-])o1. The predicted octanol–water partition coefficient (Wildman–Crippen LogP) is 1.34. The number of furan rings is 1. The van der Waals surface area contributed by atoms with Crippen LogP contribution in [0.3, 0.4) is 0 Å². The van der Waals surface area contributed by atoms with Crippen LogP contribution < -0.4 is 5.32 Å². The number of nitrogens with zero attached hydrogens (tertiary/aromatic N) is 2. The Bertz CT molecular complexity index is 688. The van der Waals surface area contributed by atoms with Gasteiger partial charge < -0.3 is 14.5 Å². The van der Waals surface area contributed by atoms with Gasteiger partial charge in [-0.05, 0) is 13.0 Å². The molecule has 2 rings (SSSR count). The zero-order valence-electron chi connectivity index (χ0n) is 10.8. The van der Waals surface area contributed by atoms with Gasteiger partial charge in [-0.1, -0.05) is 0 Å². The summed E-state index contributed by atoms with van der Waals surface area (Å²) in [5, 5.41) is 18.9. The highest BCUT2D eigenvalue weighted by Gasteiger charge is 2.21. The van der Waals surface area contributed by atoms with Gasteiger partial charge in [0.05, 0.1) is 12.7 Å². The Morgan fingerprint density at radius 3 is 2.90 bits per heavy atom. The van der Waals surface area contributed by atoms with E-state index in [4.69, 9.17) is 9.15 Å². The first-order valence-corrected chi connectivity index (χ1v) is 5.79. The number of ether oxygens (including phenoxy) is 1. The van der Waals surface area contributed by atoms with Crippen molar-refractivity contribution in [1.29, 1.82) is 0 Å². The summed E-state index contributed by atoms with van der Waals surface area (Å²) in [5.74, 6) is -2.34. The molecule has 0 aliphatic carbocycles. The number of amides is 1. The van der Waals surface area contributed by atoms with Crippen LogP contribution in [0.25, 0.3) is 0 Å². The molecule has 110 valence electrons. The van der Waals surface area contributed by atoms with Crippen molar-refractivity contribution < 1.29 is 23.7 Å². The van der Waals surface area contributed by atoms with E-state index in [1.165, 1.54) is 6.20 Å². The molecule has 2 N–H and O–H groups in total. The molecule has 0 spiro atoms. The number of nitrogens with one attached hydrogen (secondary N) is 2. The molecule has 0 saturated heterocycles. The topological polar surface area (TPSA) is 140 Å². The second kappa shape index (κ2) is 5.86. The number of nitro groups is 1. The average molecular weight is 294 g/mol. The van der Waals surface area contributed by atoms with E-state index >= 15 is 0 Å². The van der Waals surface area contributed by atoms with Crippen molar-refractivity contribution in [2.45, 2.75) is 6.92 Å². The molecule has 1 amide bonds. The van der Waals surface area contributed by atoms with Gasteiger partial charge in [0.2, 0.25) is 0 Å². The molecular weight excluding hydrogens is 284 g/mol. The molecule has 0 bridgehead atoms. The fourth-order valence-electron chi connectivity index (χ4n) is 1.47. The molecule has 0 aliphatic heterocycles. The molecule has 2 aromatic heterocycles. The van der Waals surface area contributed by atoms with Gasteiger partial charge in [-0.2, -0.15) is 5.10 Å². The number of aromatic amines is 1. The molecule has 0 saturated carbocycles. The minimum absolute atomic E-state index is 0.0336. The second-order valence-electron chi connectivity index (χ2n) is 3.72. The van der Waals surface area contributed by atoms with Crippen LogP contribution in [0.5, 0.6) is 0 Å². The maximum atomic E-state index is 11.8. The van der Waals surface area contributed by atoms with E-state index in [1.807, 2.05) is 0 Å².